The molecule has 26 heavy (non-hydrogen) atoms. The van der Waals surface area contributed by atoms with Crippen molar-refractivity contribution < 1.29 is 23.8 Å². The second-order valence-electron chi connectivity index (χ2n) is 6.98. The van der Waals surface area contributed by atoms with Gasteiger partial charge in [-0.2, -0.15) is 0 Å². The van der Waals surface area contributed by atoms with Gasteiger partial charge in [-0.25, -0.2) is 4.79 Å². The second kappa shape index (κ2) is 9.46. The number of esters is 1. The van der Waals surface area contributed by atoms with E-state index in [1.807, 2.05) is 0 Å². The molecule has 1 aromatic rings. The highest BCUT2D eigenvalue weighted by Crippen LogP contribution is 2.29. The number of amides is 1. The van der Waals surface area contributed by atoms with Crippen molar-refractivity contribution in [3.63, 3.8) is 0 Å². The average molecular weight is 363 g/mol. The number of carbonyl (C=O) groups is 2. The van der Waals surface area contributed by atoms with Crippen LogP contribution in [0, 0.1) is 11.8 Å². The molecule has 4 atom stereocenters. The molecule has 1 fully saturated rings. The van der Waals surface area contributed by atoms with E-state index in [1.165, 1.54) is 6.42 Å². The van der Waals surface area contributed by atoms with Crippen LogP contribution in [0.4, 0.5) is 0 Å². The molecule has 6 heteroatoms. The molecular weight excluding hydrogens is 334 g/mol. The molecule has 0 radical (unpaired) electrons. The summed E-state index contributed by atoms with van der Waals surface area (Å²) in [5.74, 6) is 1.42. The maximum atomic E-state index is 12.3. The largest absolute Gasteiger partial charge is 0.497 e. The zero-order valence-corrected chi connectivity index (χ0v) is 16.0. The van der Waals surface area contributed by atoms with E-state index in [-0.39, 0.29) is 18.6 Å². The molecule has 1 N–H and O–H groups in total. The Morgan fingerprint density at radius 1 is 1.15 bits per heavy atom. The fourth-order valence-electron chi connectivity index (χ4n) is 3.18. The lowest BCUT2D eigenvalue weighted by atomic mass is 9.78. The number of nitrogens with one attached hydrogen (secondary N) is 1. The first-order valence-electron chi connectivity index (χ1n) is 9.17. The Hall–Kier alpha value is -2.24. The highest BCUT2D eigenvalue weighted by Gasteiger charge is 2.30. The second-order valence-corrected chi connectivity index (χ2v) is 6.98. The summed E-state index contributed by atoms with van der Waals surface area (Å²) < 4.78 is 15.6. The minimum Gasteiger partial charge on any atom is -0.497 e. The van der Waals surface area contributed by atoms with Crippen molar-refractivity contribution in [1.29, 1.82) is 0 Å². The van der Waals surface area contributed by atoms with Crippen LogP contribution in [0.15, 0.2) is 24.3 Å². The molecule has 0 bridgehead atoms. The highest BCUT2D eigenvalue weighted by molar-refractivity contribution is 5.83. The zero-order valence-electron chi connectivity index (χ0n) is 16.0. The first-order valence-corrected chi connectivity index (χ1v) is 9.17. The summed E-state index contributed by atoms with van der Waals surface area (Å²) in [4.78, 5) is 24.2. The first kappa shape index (κ1) is 20.1. The fourth-order valence-corrected chi connectivity index (χ4v) is 3.18. The number of methoxy groups -OCH3 is 1. The maximum absolute atomic E-state index is 12.3. The summed E-state index contributed by atoms with van der Waals surface area (Å²) in [5.41, 5.74) is 0. The van der Waals surface area contributed by atoms with E-state index in [4.69, 9.17) is 14.2 Å². The smallest absolute Gasteiger partial charge is 0.344 e. The molecule has 1 aliphatic rings. The van der Waals surface area contributed by atoms with Gasteiger partial charge in [0, 0.05) is 6.04 Å². The Morgan fingerprint density at radius 2 is 1.81 bits per heavy atom. The molecule has 1 aliphatic carbocycles. The summed E-state index contributed by atoms with van der Waals surface area (Å²) in [6.07, 6.45) is 2.44. The van der Waals surface area contributed by atoms with Gasteiger partial charge in [0.25, 0.3) is 5.91 Å². The zero-order chi connectivity index (χ0) is 19.1. The van der Waals surface area contributed by atoms with Gasteiger partial charge in [-0.15, -0.1) is 0 Å². The number of benzene rings is 1. The lowest BCUT2D eigenvalue weighted by Crippen LogP contribution is -2.47. The lowest BCUT2D eigenvalue weighted by molar-refractivity contribution is -0.157. The molecule has 0 aliphatic heterocycles. The van der Waals surface area contributed by atoms with E-state index in [1.54, 1.807) is 38.3 Å². The van der Waals surface area contributed by atoms with Crippen molar-refractivity contribution >= 4 is 11.9 Å². The fraction of sp³-hybridized carbons (Fsp3) is 0.600. The summed E-state index contributed by atoms with van der Waals surface area (Å²) >= 11 is 0. The molecule has 1 aromatic carbocycles. The molecule has 0 spiro atoms. The lowest BCUT2D eigenvalue weighted by Gasteiger charge is -2.35. The number of hydrogen-bond acceptors (Lipinski definition) is 5. The minimum atomic E-state index is -0.841. The first-order chi connectivity index (χ1) is 12.4. The standard InChI is InChI=1S/C20H29NO5/c1-13-6-5-7-18(14(13)2)21-20(23)15(3)26-19(22)12-25-17-10-8-16(24-4)9-11-17/h8-11,13-15,18H,5-7,12H2,1-4H3,(H,21,23)/t13-,14+,15+,18+/m0/s1. The van der Waals surface area contributed by atoms with E-state index in [0.717, 1.165) is 12.8 Å². The van der Waals surface area contributed by atoms with Crippen LogP contribution < -0.4 is 14.8 Å². The van der Waals surface area contributed by atoms with E-state index in [2.05, 4.69) is 19.2 Å². The van der Waals surface area contributed by atoms with Crippen LogP contribution in [0.2, 0.25) is 0 Å². The van der Waals surface area contributed by atoms with Crippen molar-refractivity contribution in [3.8, 4) is 11.5 Å². The number of rotatable bonds is 7. The van der Waals surface area contributed by atoms with Gasteiger partial charge in [-0.3, -0.25) is 4.79 Å². The summed E-state index contributed by atoms with van der Waals surface area (Å²) in [7, 11) is 1.58. The third-order valence-corrected chi connectivity index (χ3v) is 5.13. The molecule has 0 saturated heterocycles. The number of hydrogen-bond donors (Lipinski definition) is 1. The molecule has 0 heterocycles. The van der Waals surface area contributed by atoms with Crippen LogP contribution in [-0.4, -0.2) is 37.7 Å². The highest BCUT2D eigenvalue weighted by atomic mass is 16.6. The molecule has 6 nitrogen and oxygen atoms in total. The van der Waals surface area contributed by atoms with Crippen LogP contribution in [0.25, 0.3) is 0 Å². The minimum absolute atomic E-state index is 0.142. The van der Waals surface area contributed by atoms with Crippen molar-refractivity contribution in [2.24, 2.45) is 11.8 Å². The van der Waals surface area contributed by atoms with Gasteiger partial charge >= 0.3 is 5.97 Å². The van der Waals surface area contributed by atoms with Gasteiger partial charge < -0.3 is 19.5 Å². The average Bonchev–Trinajstić information content (AvgIpc) is 2.64. The van der Waals surface area contributed by atoms with Crippen molar-refractivity contribution in [3.05, 3.63) is 24.3 Å². The molecule has 1 amide bonds. The summed E-state index contributed by atoms with van der Waals surface area (Å²) in [6.45, 7) is 5.70. The monoisotopic (exact) mass is 363 g/mol. The van der Waals surface area contributed by atoms with Crippen LogP contribution >= 0.6 is 0 Å². The molecule has 144 valence electrons. The predicted octanol–water partition coefficient (Wildman–Crippen LogP) is 2.95. The van der Waals surface area contributed by atoms with Crippen LogP contribution in [-0.2, 0) is 14.3 Å². The molecule has 1 saturated carbocycles. The van der Waals surface area contributed by atoms with Gasteiger partial charge in [-0.05, 0) is 49.4 Å². The van der Waals surface area contributed by atoms with Crippen molar-refractivity contribution in [2.45, 2.75) is 52.2 Å². The Morgan fingerprint density at radius 3 is 2.46 bits per heavy atom. The Balaban J connectivity index is 1.75. The third-order valence-electron chi connectivity index (χ3n) is 5.13. The van der Waals surface area contributed by atoms with Crippen molar-refractivity contribution in [1.82, 2.24) is 5.32 Å². The van der Waals surface area contributed by atoms with E-state index in [9.17, 15) is 9.59 Å². The maximum Gasteiger partial charge on any atom is 0.344 e. The quantitative estimate of drug-likeness (QED) is 0.754. The van der Waals surface area contributed by atoms with Crippen molar-refractivity contribution in [2.75, 3.05) is 13.7 Å². The Kier molecular flexibility index (Phi) is 7.30. The number of ether oxygens (including phenoxy) is 3. The van der Waals surface area contributed by atoms with Crippen LogP contribution in [0.3, 0.4) is 0 Å². The Bertz CT molecular complexity index is 601. The summed E-state index contributed by atoms with van der Waals surface area (Å²) in [5, 5.41) is 3.02. The van der Waals surface area contributed by atoms with Gasteiger partial charge in [0.05, 0.1) is 7.11 Å². The van der Waals surface area contributed by atoms with E-state index >= 15 is 0 Å². The third kappa shape index (κ3) is 5.64. The van der Waals surface area contributed by atoms with E-state index in [0.29, 0.717) is 23.3 Å². The van der Waals surface area contributed by atoms with Crippen LogP contribution in [0.1, 0.15) is 40.0 Å². The van der Waals surface area contributed by atoms with Crippen LogP contribution in [0.5, 0.6) is 11.5 Å². The molecule has 0 unspecified atom stereocenters. The topological polar surface area (TPSA) is 73.9 Å². The predicted molar refractivity (Wildman–Crippen MR) is 98.2 cm³/mol. The van der Waals surface area contributed by atoms with Gasteiger partial charge in [0.15, 0.2) is 12.7 Å². The molecule has 2 rings (SSSR count). The Labute approximate surface area is 155 Å². The molecule has 0 aromatic heterocycles. The SMILES string of the molecule is COc1ccc(OCC(=O)O[C@H](C)C(=O)N[C@@H]2CCC[C@H](C)[C@H]2C)cc1. The van der Waals surface area contributed by atoms with Gasteiger partial charge in [0.2, 0.25) is 0 Å². The van der Waals surface area contributed by atoms with Gasteiger partial charge in [-0.1, -0.05) is 26.7 Å². The number of carbonyl (C=O) groups excluding carboxylic acids is 2. The van der Waals surface area contributed by atoms with Gasteiger partial charge in [0.1, 0.15) is 11.5 Å². The van der Waals surface area contributed by atoms with E-state index < -0.39 is 12.1 Å². The normalized spacial score (nSPS) is 23.6. The molecular formula is C20H29NO5. The summed E-state index contributed by atoms with van der Waals surface area (Å²) in [6, 6.07) is 7.02.